The van der Waals surface area contributed by atoms with Gasteiger partial charge in [-0.15, -0.1) is 0 Å². The molecule has 21 heavy (non-hydrogen) atoms. The van der Waals surface area contributed by atoms with Crippen LogP contribution in [0.2, 0.25) is 0 Å². The monoisotopic (exact) mass is 354 g/mol. The van der Waals surface area contributed by atoms with Gasteiger partial charge < -0.3 is 15.8 Å². The maximum Gasteiger partial charge on any atom is 0.250 e. The Labute approximate surface area is 134 Å². The second-order valence-corrected chi connectivity index (χ2v) is 6.44. The molecule has 4 nitrogen and oxygen atoms in total. The molecule has 1 aromatic carbocycles. The smallest absolute Gasteiger partial charge is 0.250 e. The SMILES string of the molecule is NCC1CCCCC1COCC(=O)Nc1ccccc1Br. The summed E-state index contributed by atoms with van der Waals surface area (Å²) in [7, 11) is 0. The number of anilines is 1. The predicted molar refractivity (Wildman–Crippen MR) is 88.1 cm³/mol. The van der Waals surface area contributed by atoms with Crippen LogP contribution >= 0.6 is 15.9 Å². The Kier molecular flexibility index (Phi) is 6.67. The maximum atomic E-state index is 11.9. The van der Waals surface area contributed by atoms with E-state index in [9.17, 15) is 4.79 Å². The van der Waals surface area contributed by atoms with Gasteiger partial charge >= 0.3 is 0 Å². The van der Waals surface area contributed by atoms with Gasteiger partial charge in [-0.25, -0.2) is 0 Å². The molecule has 1 amide bonds. The molecule has 2 unspecified atom stereocenters. The van der Waals surface area contributed by atoms with Crippen molar-refractivity contribution in [1.29, 1.82) is 0 Å². The molecule has 1 fully saturated rings. The summed E-state index contributed by atoms with van der Waals surface area (Å²) < 4.78 is 6.47. The van der Waals surface area contributed by atoms with Crippen LogP contribution in [0, 0.1) is 11.8 Å². The number of nitrogens with one attached hydrogen (secondary N) is 1. The Hall–Kier alpha value is -0.910. The van der Waals surface area contributed by atoms with Gasteiger partial charge in [0.1, 0.15) is 6.61 Å². The van der Waals surface area contributed by atoms with Crippen molar-refractivity contribution in [1.82, 2.24) is 0 Å². The van der Waals surface area contributed by atoms with Gasteiger partial charge in [-0.05, 0) is 59.3 Å². The quantitative estimate of drug-likeness (QED) is 0.824. The standard InChI is InChI=1S/C16H23BrN2O2/c17-14-7-3-4-8-15(14)19-16(20)11-21-10-13-6-2-1-5-12(13)9-18/h3-4,7-8,12-13H,1-2,5-6,9-11,18H2,(H,19,20). The van der Waals surface area contributed by atoms with E-state index >= 15 is 0 Å². The summed E-state index contributed by atoms with van der Waals surface area (Å²) in [6.45, 7) is 1.44. The molecule has 1 aromatic rings. The van der Waals surface area contributed by atoms with E-state index in [0.29, 0.717) is 18.4 Å². The number of carbonyl (C=O) groups excluding carboxylic acids is 1. The fraction of sp³-hybridized carbons (Fsp3) is 0.562. The number of rotatable bonds is 6. The van der Waals surface area contributed by atoms with Crippen LogP contribution < -0.4 is 11.1 Å². The molecule has 1 aliphatic carbocycles. The van der Waals surface area contributed by atoms with Crippen molar-refractivity contribution < 1.29 is 9.53 Å². The Bertz CT molecular complexity index is 467. The molecule has 0 aromatic heterocycles. The van der Waals surface area contributed by atoms with Gasteiger partial charge in [0.15, 0.2) is 0 Å². The molecule has 116 valence electrons. The number of ether oxygens (including phenoxy) is 1. The molecule has 1 aliphatic rings. The Balaban J connectivity index is 1.73. The maximum absolute atomic E-state index is 11.9. The van der Waals surface area contributed by atoms with Crippen molar-refractivity contribution in [3.8, 4) is 0 Å². The minimum atomic E-state index is -0.123. The zero-order chi connectivity index (χ0) is 15.1. The first-order valence-electron chi connectivity index (χ1n) is 7.53. The molecule has 0 saturated heterocycles. The number of hydrogen-bond donors (Lipinski definition) is 2. The fourth-order valence-electron chi connectivity index (χ4n) is 2.87. The number of para-hydroxylation sites is 1. The normalized spacial score (nSPS) is 22.0. The number of halogens is 1. The van der Waals surface area contributed by atoms with Crippen LogP contribution in [0.4, 0.5) is 5.69 Å². The number of hydrogen-bond acceptors (Lipinski definition) is 3. The second-order valence-electron chi connectivity index (χ2n) is 5.58. The van der Waals surface area contributed by atoms with E-state index in [-0.39, 0.29) is 12.5 Å². The van der Waals surface area contributed by atoms with E-state index in [1.807, 2.05) is 24.3 Å². The van der Waals surface area contributed by atoms with Gasteiger partial charge in [-0.2, -0.15) is 0 Å². The summed E-state index contributed by atoms with van der Waals surface area (Å²) in [5.74, 6) is 0.923. The number of benzene rings is 1. The van der Waals surface area contributed by atoms with E-state index < -0.39 is 0 Å². The molecule has 0 aliphatic heterocycles. The highest BCUT2D eigenvalue weighted by Crippen LogP contribution is 2.29. The Morgan fingerprint density at radius 3 is 2.71 bits per heavy atom. The molecule has 0 spiro atoms. The van der Waals surface area contributed by atoms with Crippen molar-refractivity contribution in [2.45, 2.75) is 25.7 Å². The molecular weight excluding hydrogens is 332 g/mol. The van der Waals surface area contributed by atoms with E-state index in [4.69, 9.17) is 10.5 Å². The summed E-state index contributed by atoms with van der Waals surface area (Å²) in [6.07, 6.45) is 4.86. The average Bonchev–Trinajstić information content (AvgIpc) is 2.50. The lowest BCUT2D eigenvalue weighted by Crippen LogP contribution is -2.31. The number of amides is 1. The largest absolute Gasteiger partial charge is 0.371 e. The zero-order valence-electron chi connectivity index (χ0n) is 12.2. The van der Waals surface area contributed by atoms with Crippen molar-refractivity contribution >= 4 is 27.5 Å². The molecule has 3 N–H and O–H groups in total. The molecular formula is C16H23BrN2O2. The van der Waals surface area contributed by atoms with Crippen LogP contribution in [0.3, 0.4) is 0 Å². The Morgan fingerprint density at radius 2 is 2.00 bits per heavy atom. The topological polar surface area (TPSA) is 64.3 Å². The minimum absolute atomic E-state index is 0.0924. The van der Waals surface area contributed by atoms with Gasteiger partial charge in [0.2, 0.25) is 5.91 Å². The fourth-order valence-corrected chi connectivity index (χ4v) is 3.25. The van der Waals surface area contributed by atoms with Crippen LogP contribution in [-0.2, 0) is 9.53 Å². The van der Waals surface area contributed by atoms with Gasteiger partial charge in [-0.1, -0.05) is 25.0 Å². The molecule has 0 bridgehead atoms. The first kappa shape index (κ1) is 16.5. The third-order valence-electron chi connectivity index (χ3n) is 4.08. The first-order chi connectivity index (χ1) is 10.2. The molecule has 0 heterocycles. The average molecular weight is 355 g/mol. The summed E-state index contributed by atoms with van der Waals surface area (Å²) >= 11 is 3.40. The molecule has 0 radical (unpaired) electrons. The summed E-state index contributed by atoms with van der Waals surface area (Å²) in [5.41, 5.74) is 6.57. The number of nitrogens with two attached hydrogens (primary N) is 1. The Morgan fingerprint density at radius 1 is 1.29 bits per heavy atom. The highest BCUT2D eigenvalue weighted by molar-refractivity contribution is 9.10. The van der Waals surface area contributed by atoms with Crippen LogP contribution in [0.15, 0.2) is 28.7 Å². The van der Waals surface area contributed by atoms with Crippen molar-refractivity contribution in [3.63, 3.8) is 0 Å². The van der Waals surface area contributed by atoms with Crippen molar-refractivity contribution in [3.05, 3.63) is 28.7 Å². The zero-order valence-corrected chi connectivity index (χ0v) is 13.8. The highest BCUT2D eigenvalue weighted by Gasteiger charge is 2.24. The predicted octanol–water partition coefficient (Wildman–Crippen LogP) is 3.17. The third kappa shape index (κ3) is 5.09. The van der Waals surface area contributed by atoms with Gasteiger partial charge in [0.25, 0.3) is 0 Å². The van der Waals surface area contributed by atoms with Crippen LogP contribution in [0.1, 0.15) is 25.7 Å². The van der Waals surface area contributed by atoms with Crippen molar-refractivity contribution in [2.24, 2.45) is 17.6 Å². The van der Waals surface area contributed by atoms with E-state index in [1.54, 1.807) is 0 Å². The van der Waals surface area contributed by atoms with Crippen LogP contribution in [0.25, 0.3) is 0 Å². The van der Waals surface area contributed by atoms with E-state index in [2.05, 4.69) is 21.2 Å². The lowest BCUT2D eigenvalue weighted by molar-refractivity contribution is -0.121. The first-order valence-corrected chi connectivity index (χ1v) is 8.32. The minimum Gasteiger partial charge on any atom is -0.371 e. The van der Waals surface area contributed by atoms with Crippen LogP contribution in [0.5, 0.6) is 0 Å². The lowest BCUT2D eigenvalue weighted by atomic mass is 9.80. The van der Waals surface area contributed by atoms with E-state index in [1.165, 1.54) is 19.3 Å². The molecule has 5 heteroatoms. The van der Waals surface area contributed by atoms with Crippen LogP contribution in [-0.4, -0.2) is 25.7 Å². The number of carbonyl (C=O) groups is 1. The third-order valence-corrected chi connectivity index (χ3v) is 4.77. The molecule has 2 rings (SSSR count). The van der Waals surface area contributed by atoms with Crippen molar-refractivity contribution in [2.75, 3.05) is 25.1 Å². The lowest BCUT2D eigenvalue weighted by Gasteiger charge is -2.30. The van der Waals surface area contributed by atoms with Gasteiger partial charge in [-0.3, -0.25) is 4.79 Å². The highest BCUT2D eigenvalue weighted by atomic mass is 79.9. The summed E-state index contributed by atoms with van der Waals surface area (Å²) in [4.78, 5) is 11.9. The molecule has 1 saturated carbocycles. The summed E-state index contributed by atoms with van der Waals surface area (Å²) in [5, 5.41) is 2.84. The van der Waals surface area contributed by atoms with Gasteiger partial charge in [0, 0.05) is 4.47 Å². The van der Waals surface area contributed by atoms with Gasteiger partial charge in [0.05, 0.1) is 12.3 Å². The second kappa shape index (κ2) is 8.51. The van der Waals surface area contributed by atoms with E-state index in [0.717, 1.165) is 23.1 Å². The molecule has 2 atom stereocenters. The summed E-state index contributed by atoms with van der Waals surface area (Å²) in [6, 6.07) is 7.54.